The molecule has 3 fully saturated rings. The van der Waals surface area contributed by atoms with Gasteiger partial charge in [-0.05, 0) is 62.6 Å². The van der Waals surface area contributed by atoms with Gasteiger partial charge < -0.3 is 20.3 Å². The number of pyridine rings is 1. The Kier molecular flexibility index (Phi) is 9.86. The van der Waals surface area contributed by atoms with Crippen LogP contribution in [0.3, 0.4) is 0 Å². The van der Waals surface area contributed by atoms with E-state index in [1.807, 2.05) is 4.90 Å². The van der Waals surface area contributed by atoms with Gasteiger partial charge in [0.05, 0.1) is 32.4 Å². The maximum atomic E-state index is 15.8. The lowest BCUT2D eigenvalue weighted by Gasteiger charge is -2.32. The molecule has 6 heterocycles. The van der Waals surface area contributed by atoms with E-state index < -0.39 is 96.6 Å². The summed E-state index contributed by atoms with van der Waals surface area (Å²) in [6.45, 7) is 2.47. The first-order valence-corrected chi connectivity index (χ1v) is 19.3. The molecule has 3 aliphatic rings. The molecular weight excluding hydrogens is 797 g/mol. The number of nitriles is 1. The molecule has 0 bridgehead atoms. The van der Waals surface area contributed by atoms with Gasteiger partial charge in [0.1, 0.15) is 41.2 Å². The molecular formula is C39H34F8N8O2S. The van der Waals surface area contributed by atoms with Gasteiger partial charge in [-0.25, -0.2) is 8.78 Å². The Bertz CT molecular complexity index is 2470. The smallest absolute Gasteiger partial charge is 0.419 e. The normalized spacial score (nSPS) is 21.2. The number of carbonyl (C=O) groups is 1. The molecule has 304 valence electrons. The van der Waals surface area contributed by atoms with Gasteiger partial charge in [0.2, 0.25) is 0 Å². The fourth-order valence-electron chi connectivity index (χ4n) is 8.86. The lowest BCUT2D eigenvalue weighted by atomic mass is 9.88. The zero-order valence-electron chi connectivity index (χ0n) is 30.7. The van der Waals surface area contributed by atoms with E-state index in [0.717, 1.165) is 18.6 Å². The van der Waals surface area contributed by atoms with Crippen LogP contribution in [0.1, 0.15) is 59.8 Å². The Balaban J connectivity index is 1.36. The summed E-state index contributed by atoms with van der Waals surface area (Å²) in [6, 6.07) is 7.34. The second-order valence-corrected chi connectivity index (χ2v) is 15.8. The number of nitrogen functional groups attached to an aromatic ring is 1. The van der Waals surface area contributed by atoms with Crippen LogP contribution in [-0.4, -0.2) is 87.7 Å². The van der Waals surface area contributed by atoms with Gasteiger partial charge in [0, 0.05) is 61.2 Å². The van der Waals surface area contributed by atoms with Gasteiger partial charge in [-0.2, -0.15) is 41.6 Å². The van der Waals surface area contributed by atoms with E-state index in [2.05, 4.69) is 15.0 Å². The fraction of sp³-hybridized carbons (Fsp3) is 0.410. The second kappa shape index (κ2) is 14.5. The van der Waals surface area contributed by atoms with Crippen molar-refractivity contribution in [3.05, 3.63) is 70.8 Å². The standard InChI is InChI=1S/C39H34F8N8O2S/c1-2-55(21-9-13-53(18-21)35(56)27-6-3-4-11-50-27)34-23-14-25(38(42,43)44)29(22-7-8-26(41)32-28(22)24(16-48)33(49)58-32)30(39(45,46)47)31(23)51-36(52-34)57-19-37-10-5-12-54(37)17-20(40)15-37/h3-4,6-8,11,14,20-21H,2,5,9-10,12-13,15,17-19,49H2,1H3/t20-,21+,37+/m1/s1. The van der Waals surface area contributed by atoms with Gasteiger partial charge in [-0.3, -0.25) is 14.7 Å². The second-order valence-electron chi connectivity index (χ2n) is 14.7. The minimum atomic E-state index is -5.53. The van der Waals surface area contributed by atoms with Gasteiger partial charge in [-0.1, -0.05) is 12.1 Å². The Morgan fingerprint density at radius 3 is 2.60 bits per heavy atom. The monoisotopic (exact) mass is 830 g/mol. The Hall–Kier alpha value is -5.35. The third kappa shape index (κ3) is 6.69. The van der Waals surface area contributed by atoms with Crippen molar-refractivity contribution in [3.8, 4) is 23.2 Å². The molecule has 2 N–H and O–H groups in total. The first kappa shape index (κ1) is 39.5. The van der Waals surface area contributed by atoms with Crippen LogP contribution in [0.2, 0.25) is 0 Å². The van der Waals surface area contributed by atoms with E-state index >= 15 is 30.7 Å². The highest BCUT2D eigenvalue weighted by Gasteiger charge is 2.50. The molecule has 8 rings (SSSR count). The number of hydrogen-bond donors (Lipinski definition) is 1. The van der Waals surface area contributed by atoms with Crippen molar-refractivity contribution in [2.24, 2.45) is 0 Å². The summed E-state index contributed by atoms with van der Waals surface area (Å²) in [7, 11) is 0. The average Bonchev–Trinajstić information content (AvgIpc) is 3.96. The Labute approximate surface area is 329 Å². The molecule has 1 amide bonds. The van der Waals surface area contributed by atoms with Crippen LogP contribution >= 0.6 is 11.3 Å². The minimum Gasteiger partial charge on any atom is -0.461 e. The topological polar surface area (TPSA) is 125 Å². The van der Waals surface area contributed by atoms with Crippen molar-refractivity contribution in [2.75, 3.05) is 50.0 Å². The number of likely N-dealkylation sites (tertiary alicyclic amines) is 1. The Morgan fingerprint density at radius 1 is 1.12 bits per heavy atom. The lowest BCUT2D eigenvalue weighted by Crippen LogP contribution is -2.43. The molecule has 3 aromatic heterocycles. The predicted molar refractivity (Wildman–Crippen MR) is 200 cm³/mol. The van der Waals surface area contributed by atoms with E-state index in [9.17, 15) is 14.4 Å². The highest BCUT2D eigenvalue weighted by molar-refractivity contribution is 7.23. The van der Waals surface area contributed by atoms with Crippen LogP contribution in [0.25, 0.3) is 32.1 Å². The first-order valence-electron chi connectivity index (χ1n) is 18.5. The van der Waals surface area contributed by atoms with Crippen LogP contribution in [0, 0.1) is 17.1 Å². The molecule has 3 aliphatic heterocycles. The van der Waals surface area contributed by atoms with Gasteiger partial charge in [0.25, 0.3) is 5.91 Å². The zero-order valence-corrected chi connectivity index (χ0v) is 31.5. The van der Waals surface area contributed by atoms with Crippen molar-refractivity contribution < 1.29 is 44.7 Å². The maximum absolute atomic E-state index is 15.8. The van der Waals surface area contributed by atoms with Crippen molar-refractivity contribution in [2.45, 2.75) is 62.7 Å². The fourth-order valence-corrected chi connectivity index (χ4v) is 9.81. The number of anilines is 2. The lowest BCUT2D eigenvalue weighted by molar-refractivity contribution is -0.141. The third-order valence-electron chi connectivity index (χ3n) is 11.4. The summed E-state index contributed by atoms with van der Waals surface area (Å²) < 4.78 is 129. The van der Waals surface area contributed by atoms with E-state index in [1.54, 1.807) is 25.1 Å². The largest absolute Gasteiger partial charge is 0.461 e. The number of ether oxygens (including phenoxy) is 1. The molecule has 0 radical (unpaired) electrons. The highest BCUT2D eigenvalue weighted by atomic mass is 32.1. The average molecular weight is 831 g/mol. The van der Waals surface area contributed by atoms with E-state index in [-0.39, 0.29) is 62.1 Å². The minimum absolute atomic E-state index is 0.0336. The molecule has 5 aromatic rings. The van der Waals surface area contributed by atoms with E-state index in [0.29, 0.717) is 30.4 Å². The molecule has 3 atom stereocenters. The highest BCUT2D eigenvalue weighted by Crippen LogP contribution is 2.52. The van der Waals surface area contributed by atoms with Gasteiger partial charge >= 0.3 is 18.4 Å². The van der Waals surface area contributed by atoms with Gasteiger partial charge in [0.15, 0.2) is 0 Å². The molecule has 3 saturated heterocycles. The summed E-state index contributed by atoms with van der Waals surface area (Å²) in [5, 5.41) is 8.51. The molecule has 58 heavy (non-hydrogen) atoms. The molecule has 0 aliphatic carbocycles. The number of carbonyl (C=O) groups excluding carboxylic acids is 1. The number of fused-ring (bicyclic) bond motifs is 3. The van der Waals surface area contributed by atoms with Gasteiger partial charge in [-0.15, -0.1) is 11.3 Å². The summed E-state index contributed by atoms with van der Waals surface area (Å²) in [5.74, 6) is -1.70. The first-order chi connectivity index (χ1) is 27.5. The van der Waals surface area contributed by atoms with Crippen LogP contribution in [0.15, 0.2) is 42.6 Å². The van der Waals surface area contributed by atoms with E-state index in [1.165, 1.54) is 22.1 Å². The number of nitrogens with two attached hydrogens (primary N) is 1. The van der Waals surface area contributed by atoms with E-state index in [4.69, 9.17) is 10.5 Å². The number of thiophene rings is 1. The Morgan fingerprint density at radius 2 is 1.91 bits per heavy atom. The molecule has 19 heteroatoms. The van der Waals surface area contributed by atoms with Crippen LogP contribution < -0.4 is 15.4 Å². The van der Waals surface area contributed by atoms with Crippen LogP contribution in [-0.2, 0) is 12.4 Å². The molecule has 0 spiro atoms. The quantitative estimate of drug-likeness (QED) is 0.154. The van der Waals surface area contributed by atoms with Crippen molar-refractivity contribution in [3.63, 3.8) is 0 Å². The molecule has 0 unspecified atom stereocenters. The summed E-state index contributed by atoms with van der Waals surface area (Å²) in [6.07, 6.45) is -9.02. The van der Waals surface area contributed by atoms with Crippen molar-refractivity contribution in [1.82, 2.24) is 24.8 Å². The molecule has 0 saturated carbocycles. The number of alkyl halides is 7. The number of hydrogen-bond acceptors (Lipinski definition) is 10. The SMILES string of the molecule is CCN(c1nc(OC[C@@]23CCCN2C[C@H](F)C3)nc2c(C(F)(F)F)c(-c3ccc(F)c4sc(N)c(C#N)c34)c(C(F)(F)F)cc12)[C@H]1CCN(C(=O)c2ccccn2)C1. The maximum Gasteiger partial charge on any atom is 0.419 e. The summed E-state index contributed by atoms with van der Waals surface area (Å²) in [4.78, 5) is 31.1. The summed E-state index contributed by atoms with van der Waals surface area (Å²) in [5.41, 5.74) is -1.75. The number of nitrogens with zero attached hydrogens (tertiary/aromatic N) is 7. The molecule has 2 aromatic carbocycles. The number of aromatic nitrogens is 3. The van der Waals surface area contributed by atoms with Crippen molar-refractivity contribution >= 4 is 49.1 Å². The number of likely N-dealkylation sites (N-methyl/N-ethyl adjacent to an activating group) is 1. The van der Waals surface area contributed by atoms with Crippen LogP contribution in [0.5, 0.6) is 6.01 Å². The number of benzene rings is 2. The third-order valence-corrected chi connectivity index (χ3v) is 12.4. The summed E-state index contributed by atoms with van der Waals surface area (Å²) >= 11 is 0.524. The molecule has 10 nitrogen and oxygen atoms in total. The number of amides is 1. The zero-order chi connectivity index (χ0) is 41.3. The van der Waals surface area contributed by atoms with Crippen LogP contribution in [0.4, 0.5) is 45.9 Å². The number of halogens is 8. The predicted octanol–water partition coefficient (Wildman–Crippen LogP) is 8.23. The number of rotatable bonds is 8. The van der Waals surface area contributed by atoms with Crippen molar-refractivity contribution in [1.29, 1.82) is 5.26 Å².